The minimum atomic E-state index is -0.953. The highest BCUT2D eigenvalue weighted by Crippen LogP contribution is 2.21. The van der Waals surface area contributed by atoms with Crippen molar-refractivity contribution in [3.63, 3.8) is 0 Å². The molecule has 0 aromatic heterocycles. The van der Waals surface area contributed by atoms with Crippen LogP contribution in [0.4, 0.5) is 15.8 Å². The van der Waals surface area contributed by atoms with Gasteiger partial charge in [0.25, 0.3) is 0 Å². The van der Waals surface area contributed by atoms with Gasteiger partial charge >= 0.3 is 5.69 Å². The summed E-state index contributed by atoms with van der Waals surface area (Å²) in [4.78, 5) is 21.3. The molecule has 18 heavy (non-hydrogen) atoms. The summed E-state index contributed by atoms with van der Waals surface area (Å²) in [5.41, 5.74) is 5.07. The first-order valence-electron chi connectivity index (χ1n) is 5.33. The topological polar surface area (TPSA) is 98.3 Å². The molecule has 0 aliphatic rings. The van der Waals surface area contributed by atoms with Gasteiger partial charge in [0.15, 0.2) is 0 Å². The fraction of sp³-hybridized carbons (Fsp3) is 0.364. The number of nitro benzene ring substituents is 1. The fourth-order valence-electron chi connectivity index (χ4n) is 1.26. The number of carbonyl (C=O) groups excluding carboxylic acids is 1. The van der Waals surface area contributed by atoms with Gasteiger partial charge in [-0.25, -0.2) is 0 Å². The lowest BCUT2D eigenvalue weighted by Crippen LogP contribution is -2.39. The lowest BCUT2D eigenvalue weighted by atomic mass is 10.0. The summed E-state index contributed by atoms with van der Waals surface area (Å²) in [6, 6.07) is 2.40. The molecule has 98 valence electrons. The number of nitrogens with zero attached hydrogens (tertiary/aromatic N) is 1. The first kappa shape index (κ1) is 14.0. The van der Waals surface area contributed by atoms with Crippen molar-refractivity contribution in [2.24, 2.45) is 11.7 Å². The van der Waals surface area contributed by atoms with Gasteiger partial charge in [-0.05, 0) is 18.1 Å². The molecule has 0 spiro atoms. The van der Waals surface area contributed by atoms with Crippen LogP contribution in [0.1, 0.15) is 13.8 Å². The molecule has 0 saturated carbocycles. The zero-order valence-corrected chi connectivity index (χ0v) is 10.0. The quantitative estimate of drug-likeness (QED) is 0.631. The Hall–Kier alpha value is -2.02. The molecule has 1 aromatic carbocycles. The third-order valence-electron chi connectivity index (χ3n) is 2.43. The number of benzene rings is 1. The van der Waals surface area contributed by atoms with Gasteiger partial charge in [-0.2, -0.15) is 4.39 Å². The van der Waals surface area contributed by atoms with E-state index in [1.807, 2.05) is 0 Å². The molecule has 0 bridgehead atoms. The lowest BCUT2D eigenvalue weighted by molar-refractivity contribution is -0.387. The maximum absolute atomic E-state index is 13.1. The number of nitro groups is 1. The van der Waals surface area contributed by atoms with Crippen LogP contribution in [0.15, 0.2) is 18.2 Å². The maximum atomic E-state index is 13.1. The Bertz CT molecular complexity index is 477. The van der Waals surface area contributed by atoms with Gasteiger partial charge in [0, 0.05) is 11.8 Å². The van der Waals surface area contributed by atoms with Crippen LogP contribution in [0.5, 0.6) is 0 Å². The van der Waals surface area contributed by atoms with Gasteiger partial charge in [-0.1, -0.05) is 13.8 Å². The van der Waals surface area contributed by atoms with E-state index in [1.165, 1.54) is 6.07 Å². The minimum absolute atomic E-state index is 0.0690. The van der Waals surface area contributed by atoms with E-state index >= 15 is 0 Å². The number of rotatable bonds is 4. The van der Waals surface area contributed by atoms with Crippen molar-refractivity contribution in [2.75, 3.05) is 5.32 Å². The highest BCUT2D eigenvalue weighted by atomic mass is 19.1. The lowest BCUT2D eigenvalue weighted by Gasteiger charge is -2.15. The molecule has 1 atom stereocenters. The second-order valence-electron chi connectivity index (χ2n) is 4.18. The molecule has 0 aliphatic heterocycles. The van der Waals surface area contributed by atoms with Gasteiger partial charge in [0.2, 0.25) is 11.7 Å². The summed E-state index contributed by atoms with van der Waals surface area (Å²) in [6.45, 7) is 3.55. The van der Waals surface area contributed by atoms with Crippen molar-refractivity contribution < 1.29 is 14.1 Å². The second-order valence-corrected chi connectivity index (χ2v) is 4.18. The highest BCUT2D eigenvalue weighted by Gasteiger charge is 2.19. The van der Waals surface area contributed by atoms with Crippen LogP contribution in [0, 0.1) is 21.8 Å². The summed E-state index contributed by atoms with van der Waals surface area (Å²) >= 11 is 0. The van der Waals surface area contributed by atoms with Crippen LogP contribution in [-0.4, -0.2) is 16.9 Å². The Morgan fingerprint density at radius 1 is 1.50 bits per heavy atom. The fourth-order valence-corrected chi connectivity index (χ4v) is 1.26. The average molecular weight is 255 g/mol. The predicted molar refractivity (Wildman–Crippen MR) is 64.5 cm³/mol. The summed E-state index contributed by atoms with van der Waals surface area (Å²) in [5, 5.41) is 12.9. The first-order chi connectivity index (χ1) is 8.32. The summed E-state index contributed by atoms with van der Waals surface area (Å²) < 4.78 is 13.1. The van der Waals surface area contributed by atoms with E-state index in [9.17, 15) is 19.3 Å². The number of anilines is 1. The van der Waals surface area contributed by atoms with Gasteiger partial charge in [-0.3, -0.25) is 14.9 Å². The van der Waals surface area contributed by atoms with Crippen LogP contribution in [-0.2, 0) is 4.79 Å². The normalized spacial score (nSPS) is 12.3. The number of carbonyl (C=O) groups is 1. The van der Waals surface area contributed by atoms with Crippen molar-refractivity contribution in [1.82, 2.24) is 0 Å². The van der Waals surface area contributed by atoms with Gasteiger partial charge in [0.05, 0.1) is 11.0 Å². The van der Waals surface area contributed by atoms with Gasteiger partial charge < -0.3 is 11.1 Å². The monoisotopic (exact) mass is 255 g/mol. The van der Waals surface area contributed by atoms with Gasteiger partial charge in [0.1, 0.15) is 0 Å². The number of hydrogen-bond donors (Lipinski definition) is 2. The summed E-state index contributed by atoms with van der Waals surface area (Å²) in [6.07, 6.45) is 0. The molecule has 0 fully saturated rings. The molecule has 3 N–H and O–H groups in total. The predicted octanol–water partition coefficient (Wildman–Crippen LogP) is 1.66. The first-order valence-corrected chi connectivity index (χ1v) is 5.33. The molecule has 0 radical (unpaired) electrons. The van der Waals surface area contributed by atoms with Crippen molar-refractivity contribution in [3.05, 3.63) is 34.1 Å². The molecule has 1 aromatic rings. The van der Waals surface area contributed by atoms with E-state index in [4.69, 9.17) is 5.73 Å². The Labute approximate surface area is 103 Å². The molecule has 6 nitrogen and oxygen atoms in total. The summed E-state index contributed by atoms with van der Waals surface area (Å²) in [7, 11) is 0. The van der Waals surface area contributed by atoms with Crippen LogP contribution < -0.4 is 11.1 Å². The molecule has 0 saturated heterocycles. The standard InChI is InChI=1S/C11H14FN3O3/c1-6(2)10(13)11(16)14-7-3-4-8(12)9(5-7)15(17)18/h3-6,10H,13H2,1-2H3,(H,14,16)/t10-/m1/s1. The molecule has 0 unspecified atom stereocenters. The van der Waals surface area contributed by atoms with Gasteiger partial charge in [-0.15, -0.1) is 0 Å². The van der Waals surface area contributed by atoms with Crippen LogP contribution in [0.25, 0.3) is 0 Å². The largest absolute Gasteiger partial charge is 0.324 e. The smallest absolute Gasteiger partial charge is 0.306 e. The third-order valence-corrected chi connectivity index (χ3v) is 2.43. The Balaban J connectivity index is 2.89. The molecule has 1 rings (SSSR count). The van der Waals surface area contributed by atoms with E-state index < -0.39 is 28.4 Å². The van der Waals surface area contributed by atoms with Crippen molar-refractivity contribution in [2.45, 2.75) is 19.9 Å². The minimum Gasteiger partial charge on any atom is -0.324 e. The Kier molecular flexibility index (Phi) is 4.33. The Morgan fingerprint density at radius 3 is 2.61 bits per heavy atom. The molecular formula is C11H14FN3O3. The zero-order valence-electron chi connectivity index (χ0n) is 10.0. The Morgan fingerprint density at radius 2 is 2.11 bits per heavy atom. The van der Waals surface area contributed by atoms with E-state index in [1.54, 1.807) is 13.8 Å². The number of hydrogen-bond acceptors (Lipinski definition) is 4. The van der Waals surface area contributed by atoms with Crippen molar-refractivity contribution in [1.29, 1.82) is 0 Å². The second kappa shape index (κ2) is 5.54. The number of halogens is 1. The number of nitrogens with two attached hydrogens (primary N) is 1. The molecule has 0 aliphatic carbocycles. The van der Waals surface area contributed by atoms with Crippen LogP contribution >= 0.6 is 0 Å². The van der Waals surface area contributed by atoms with Crippen LogP contribution in [0.2, 0.25) is 0 Å². The zero-order chi connectivity index (χ0) is 13.9. The SMILES string of the molecule is CC(C)[C@@H](N)C(=O)Nc1ccc(F)c([N+](=O)[O-])c1. The van der Waals surface area contributed by atoms with E-state index in [0.717, 1.165) is 12.1 Å². The van der Waals surface area contributed by atoms with Crippen molar-refractivity contribution >= 4 is 17.3 Å². The molecule has 0 heterocycles. The molecular weight excluding hydrogens is 241 g/mol. The van der Waals surface area contributed by atoms with E-state index in [0.29, 0.717) is 0 Å². The molecule has 7 heteroatoms. The molecule has 1 amide bonds. The highest BCUT2D eigenvalue weighted by molar-refractivity contribution is 5.95. The van der Waals surface area contributed by atoms with Crippen LogP contribution in [0.3, 0.4) is 0 Å². The maximum Gasteiger partial charge on any atom is 0.306 e. The number of amides is 1. The van der Waals surface area contributed by atoms with E-state index in [-0.39, 0.29) is 11.6 Å². The average Bonchev–Trinajstić information content (AvgIpc) is 2.29. The van der Waals surface area contributed by atoms with E-state index in [2.05, 4.69) is 5.32 Å². The third kappa shape index (κ3) is 3.24. The summed E-state index contributed by atoms with van der Waals surface area (Å²) in [5.74, 6) is -1.49. The number of nitrogens with one attached hydrogen (secondary N) is 1. The van der Waals surface area contributed by atoms with Crippen molar-refractivity contribution in [3.8, 4) is 0 Å².